The van der Waals surface area contributed by atoms with Crippen LogP contribution in [0.3, 0.4) is 0 Å². The quantitative estimate of drug-likeness (QED) is 0.0598. The number of aliphatic carboxylic acids is 1. The number of aromatic hydroxyl groups is 1. The maximum Gasteiger partial charge on any atom is 0.306 e. The smallest absolute Gasteiger partial charge is 0.306 e. The summed E-state index contributed by atoms with van der Waals surface area (Å²) in [6.07, 6.45) is 7.26. The first-order chi connectivity index (χ1) is 27.0. The van der Waals surface area contributed by atoms with E-state index in [9.17, 15) is 44.4 Å². The summed E-state index contributed by atoms with van der Waals surface area (Å²) in [5.74, 6) is -3.64. The minimum atomic E-state index is -0.970. The number of aliphatic hydroxyl groups excluding tert-OH is 2. The lowest BCUT2D eigenvalue weighted by molar-refractivity contribution is -0.145. The molecule has 0 aliphatic heterocycles. The summed E-state index contributed by atoms with van der Waals surface area (Å²) in [6, 6.07) is 2.19. The molecule has 0 saturated heterocycles. The highest BCUT2D eigenvalue weighted by Gasteiger charge is 2.39. The van der Waals surface area contributed by atoms with Gasteiger partial charge in [-0.3, -0.25) is 24.0 Å². The largest absolute Gasteiger partial charge is 0.504 e. The Labute approximate surface area is 321 Å². The number of carbonyl (C=O) groups is 3. The first kappa shape index (κ1) is 37.6. The van der Waals surface area contributed by atoms with E-state index in [2.05, 4.69) is 5.32 Å². The molecule has 2 fully saturated rings. The van der Waals surface area contributed by atoms with Gasteiger partial charge in [-0.25, -0.2) is 0 Å². The molecule has 0 aromatic heterocycles. The fourth-order valence-electron chi connectivity index (χ4n) is 10.6. The topological polar surface area (TPSA) is 197 Å². The third-order valence-electron chi connectivity index (χ3n) is 12.9. The van der Waals surface area contributed by atoms with Crippen LogP contribution in [0, 0.1) is 11.8 Å². The number of fused-ring (bicyclic) bond motifs is 1. The molecule has 3 aliphatic carbocycles. The molecule has 0 heterocycles. The van der Waals surface area contributed by atoms with Crippen LogP contribution in [0.1, 0.15) is 98.9 Å². The van der Waals surface area contributed by atoms with Crippen molar-refractivity contribution in [1.29, 1.82) is 0 Å². The van der Waals surface area contributed by atoms with Crippen molar-refractivity contribution < 1.29 is 44.3 Å². The first-order valence-corrected chi connectivity index (χ1v) is 19.4. The van der Waals surface area contributed by atoms with E-state index in [0.29, 0.717) is 87.0 Å². The molecule has 5 unspecified atom stereocenters. The predicted molar refractivity (Wildman–Crippen MR) is 212 cm³/mol. The van der Waals surface area contributed by atoms with Crippen LogP contribution in [-0.2, 0) is 38.8 Å². The Kier molecular flexibility index (Phi) is 9.61. The Bertz CT molecular complexity index is 2610. The number of phenolic OH excluding ortho intramolecular Hbond substituents is 1. The van der Waals surface area contributed by atoms with Crippen LogP contribution < -0.4 is 20.9 Å². The minimum Gasteiger partial charge on any atom is -0.504 e. The fourth-order valence-corrected chi connectivity index (χ4v) is 10.6. The van der Waals surface area contributed by atoms with Crippen LogP contribution >= 0.6 is 0 Å². The van der Waals surface area contributed by atoms with Gasteiger partial charge in [0.2, 0.25) is 0 Å². The number of hydrogen-bond donors (Lipinski definition) is 5. The molecule has 5 aromatic rings. The number of Topliss-reactive ketones (excluding diaryl/α,β-unsaturated/α-hetero) is 1. The number of phenols is 1. The van der Waals surface area contributed by atoms with E-state index in [4.69, 9.17) is 9.47 Å². The number of carboxylic acids is 1. The van der Waals surface area contributed by atoms with Gasteiger partial charge in [0, 0.05) is 16.3 Å². The van der Waals surface area contributed by atoms with Crippen molar-refractivity contribution in [2.45, 2.75) is 103 Å². The van der Waals surface area contributed by atoms with Crippen LogP contribution in [0.5, 0.6) is 11.5 Å². The van der Waals surface area contributed by atoms with Gasteiger partial charge in [0.05, 0.1) is 54.7 Å². The van der Waals surface area contributed by atoms with E-state index < -0.39 is 59.8 Å². The monoisotopic (exact) mass is 763 g/mol. The van der Waals surface area contributed by atoms with Gasteiger partial charge in [0.1, 0.15) is 11.9 Å². The van der Waals surface area contributed by atoms with E-state index in [1.807, 2.05) is 6.08 Å². The number of allylic oxidation sites excluding steroid dienone is 1. The Balaban J connectivity index is 1.67. The van der Waals surface area contributed by atoms with Gasteiger partial charge in [-0.2, -0.15) is 0 Å². The SMILES string of the molecule is COc1c(O)c2c(=O)cc(CO)c3c4c(CO)cc(=O)c5c(NC6CCCCC6OC=O)c(CC6CCCCC6C(=O)O)c6c(c(c1C(C(C)=O)C(C)=C6)c23)c54. The second-order valence-corrected chi connectivity index (χ2v) is 15.9. The van der Waals surface area contributed by atoms with Crippen molar-refractivity contribution in [3.8, 4) is 11.5 Å². The normalized spacial score (nSPS) is 22.4. The van der Waals surface area contributed by atoms with Gasteiger partial charge in [0.25, 0.3) is 6.47 Å². The van der Waals surface area contributed by atoms with Gasteiger partial charge in [-0.15, -0.1) is 0 Å². The van der Waals surface area contributed by atoms with E-state index in [1.165, 1.54) is 26.2 Å². The van der Waals surface area contributed by atoms with Crippen molar-refractivity contribution >= 4 is 73.1 Å². The molecule has 8 rings (SSSR count). The summed E-state index contributed by atoms with van der Waals surface area (Å²) < 4.78 is 11.5. The second kappa shape index (κ2) is 14.3. The molecule has 2 saturated carbocycles. The van der Waals surface area contributed by atoms with Crippen molar-refractivity contribution in [2.75, 3.05) is 12.4 Å². The average Bonchev–Trinajstić information content (AvgIpc) is 3.31. The Morgan fingerprint density at radius 2 is 1.48 bits per heavy atom. The third kappa shape index (κ3) is 5.51. The molecule has 292 valence electrons. The molecule has 0 spiro atoms. The maximum atomic E-state index is 14.8. The Hall–Kier alpha value is -5.33. The molecule has 0 amide bonds. The van der Waals surface area contributed by atoms with Crippen molar-refractivity contribution in [2.24, 2.45) is 11.8 Å². The highest BCUT2D eigenvalue weighted by Crippen LogP contribution is 2.56. The van der Waals surface area contributed by atoms with E-state index in [1.54, 1.807) is 6.92 Å². The number of hydrogen-bond acceptors (Lipinski definition) is 11. The molecule has 5 atom stereocenters. The number of methoxy groups -OCH3 is 1. The van der Waals surface area contributed by atoms with Crippen LogP contribution in [0.25, 0.3) is 49.2 Å². The first-order valence-electron chi connectivity index (χ1n) is 19.4. The number of benzene rings is 5. The molecule has 3 aliphatic rings. The van der Waals surface area contributed by atoms with Crippen LogP contribution in [0.4, 0.5) is 5.69 Å². The number of nitrogens with one attached hydrogen (secondary N) is 1. The highest BCUT2D eigenvalue weighted by molar-refractivity contribution is 6.39. The number of ether oxygens (including phenoxy) is 2. The fraction of sp³-hybridized carbons (Fsp3) is 0.432. The molecule has 0 radical (unpaired) electrons. The summed E-state index contributed by atoms with van der Waals surface area (Å²) in [5, 5.41) is 50.3. The number of ketones is 1. The van der Waals surface area contributed by atoms with Gasteiger partial charge in [-0.1, -0.05) is 30.9 Å². The zero-order valence-electron chi connectivity index (χ0n) is 31.6. The van der Waals surface area contributed by atoms with Crippen LogP contribution in [0.2, 0.25) is 0 Å². The van der Waals surface area contributed by atoms with Gasteiger partial charge in [0.15, 0.2) is 22.4 Å². The number of anilines is 1. The number of carboxylic acid groups (broad SMARTS) is 1. The summed E-state index contributed by atoms with van der Waals surface area (Å²) >= 11 is 0. The van der Waals surface area contributed by atoms with E-state index >= 15 is 0 Å². The van der Waals surface area contributed by atoms with Gasteiger partial charge < -0.3 is 35.2 Å². The molecule has 5 N–H and O–H groups in total. The van der Waals surface area contributed by atoms with E-state index in [-0.39, 0.29) is 51.2 Å². The van der Waals surface area contributed by atoms with Crippen molar-refractivity contribution in [3.63, 3.8) is 0 Å². The lowest BCUT2D eigenvalue weighted by Crippen LogP contribution is -2.39. The molecule has 5 aromatic carbocycles. The third-order valence-corrected chi connectivity index (χ3v) is 12.9. The number of carbonyl (C=O) groups excluding carboxylic acids is 2. The zero-order chi connectivity index (χ0) is 39.7. The van der Waals surface area contributed by atoms with Crippen molar-refractivity contribution in [1.82, 2.24) is 0 Å². The molecular formula is C44H45NO11. The Morgan fingerprint density at radius 3 is 2.11 bits per heavy atom. The van der Waals surface area contributed by atoms with Gasteiger partial charge >= 0.3 is 5.97 Å². The zero-order valence-corrected chi connectivity index (χ0v) is 31.6. The lowest BCUT2D eigenvalue weighted by Gasteiger charge is -2.35. The summed E-state index contributed by atoms with van der Waals surface area (Å²) in [4.78, 5) is 67.2. The molecule has 12 heteroatoms. The summed E-state index contributed by atoms with van der Waals surface area (Å²) in [6.45, 7) is 2.51. The second-order valence-electron chi connectivity index (χ2n) is 15.9. The summed E-state index contributed by atoms with van der Waals surface area (Å²) in [5.41, 5.74) is 2.06. The number of aliphatic hydroxyl groups is 2. The minimum absolute atomic E-state index is 0.0663. The maximum absolute atomic E-state index is 14.8. The van der Waals surface area contributed by atoms with Crippen LogP contribution in [0.15, 0.2) is 27.3 Å². The average molecular weight is 764 g/mol. The molecule has 12 nitrogen and oxygen atoms in total. The standard InChI is InChI=1S/C44H45NO11/c1-19-12-25-26(13-21-8-4-5-9-24(21)44(53)54)41(45-27-10-6-7-11-30(27)56-18-48)35-28(50)14-22(16-46)32-33-23(17-47)15-29(51)36-38(33)39(34(25)37(32)35)40(31(19)20(2)49)43(55-3)42(36)52/h12,14-15,18,21,24,27,30-31,45-47,52H,4-11,13,16-17H2,1-3H3,(H,53,54). The molecule has 56 heavy (non-hydrogen) atoms. The molecular weight excluding hydrogens is 718 g/mol. The predicted octanol–water partition coefficient (Wildman–Crippen LogP) is 6.01. The molecule has 0 bridgehead atoms. The van der Waals surface area contributed by atoms with Gasteiger partial charge in [-0.05, 0) is 114 Å². The van der Waals surface area contributed by atoms with E-state index in [0.717, 1.165) is 25.7 Å². The lowest BCUT2D eigenvalue weighted by atomic mass is 9.73. The number of rotatable bonds is 11. The van der Waals surface area contributed by atoms with Crippen molar-refractivity contribution in [3.05, 3.63) is 66.0 Å². The summed E-state index contributed by atoms with van der Waals surface area (Å²) in [7, 11) is 1.35. The highest BCUT2D eigenvalue weighted by atomic mass is 16.5. The van der Waals surface area contributed by atoms with Crippen LogP contribution in [-0.4, -0.2) is 57.9 Å². The Morgan fingerprint density at radius 1 is 0.857 bits per heavy atom.